The van der Waals surface area contributed by atoms with Gasteiger partial charge in [-0.25, -0.2) is 4.79 Å². The number of ether oxygens (including phenoxy) is 1. The first-order valence-corrected chi connectivity index (χ1v) is 9.04. The first-order chi connectivity index (χ1) is 11.2. The summed E-state index contributed by atoms with van der Waals surface area (Å²) in [6.07, 6.45) is 6.79. The Morgan fingerprint density at radius 3 is 2.74 bits per heavy atom. The number of hydrogen-bond donors (Lipinski definition) is 1. The summed E-state index contributed by atoms with van der Waals surface area (Å²) in [6.45, 7) is 2.95. The Hall–Kier alpha value is -1.71. The third-order valence-corrected chi connectivity index (χ3v) is 5.40. The van der Waals surface area contributed by atoms with Crippen LogP contribution in [0.4, 0.5) is 4.79 Å². The molecule has 2 amide bonds. The van der Waals surface area contributed by atoms with E-state index in [1.807, 2.05) is 18.2 Å². The summed E-state index contributed by atoms with van der Waals surface area (Å²) in [5.41, 5.74) is 1.12. The van der Waals surface area contributed by atoms with Crippen molar-refractivity contribution in [2.75, 3.05) is 6.61 Å². The van der Waals surface area contributed by atoms with Gasteiger partial charge in [0.25, 0.3) is 0 Å². The fourth-order valence-electron chi connectivity index (χ4n) is 3.74. The van der Waals surface area contributed by atoms with E-state index in [9.17, 15) is 4.79 Å². The maximum Gasteiger partial charge on any atom is 0.318 e. The summed E-state index contributed by atoms with van der Waals surface area (Å²) in [5.74, 6) is 1.63. The molecule has 4 heteroatoms. The molecule has 1 N–H and O–H groups in total. The Labute approximate surface area is 138 Å². The minimum atomic E-state index is 0.0638. The lowest BCUT2D eigenvalue weighted by Crippen LogP contribution is -2.48. The van der Waals surface area contributed by atoms with E-state index in [4.69, 9.17) is 4.74 Å². The van der Waals surface area contributed by atoms with Crippen molar-refractivity contribution in [3.05, 3.63) is 29.8 Å². The third-order valence-electron chi connectivity index (χ3n) is 5.40. The Morgan fingerprint density at radius 1 is 1.22 bits per heavy atom. The number of fused-ring (bicyclic) bond motifs is 1. The zero-order chi connectivity index (χ0) is 15.8. The van der Waals surface area contributed by atoms with E-state index in [1.54, 1.807) is 0 Å². The first-order valence-electron chi connectivity index (χ1n) is 9.04. The van der Waals surface area contributed by atoms with Gasteiger partial charge in [-0.2, -0.15) is 0 Å². The van der Waals surface area contributed by atoms with Crippen molar-refractivity contribution in [1.82, 2.24) is 10.2 Å². The Bertz CT molecular complexity index is 580. The number of benzene rings is 1. The van der Waals surface area contributed by atoms with Gasteiger partial charge >= 0.3 is 6.03 Å². The van der Waals surface area contributed by atoms with Crippen LogP contribution in [0.2, 0.25) is 0 Å². The molecular formula is C19H26N2O2. The molecule has 2 atom stereocenters. The van der Waals surface area contributed by atoms with Gasteiger partial charge in [0.05, 0.1) is 12.6 Å². The van der Waals surface area contributed by atoms with Crippen molar-refractivity contribution in [2.24, 2.45) is 5.92 Å². The Morgan fingerprint density at radius 2 is 2.00 bits per heavy atom. The minimum Gasteiger partial charge on any atom is -0.493 e. The van der Waals surface area contributed by atoms with Crippen LogP contribution in [0.1, 0.15) is 57.1 Å². The molecule has 1 aromatic carbocycles. The summed E-state index contributed by atoms with van der Waals surface area (Å²) < 4.78 is 5.81. The molecule has 1 heterocycles. The molecule has 0 spiro atoms. The van der Waals surface area contributed by atoms with Crippen LogP contribution in [0.25, 0.3) is 0 Å². The maximum absolute atomic E-state index is 13.0. The molecule has 0 bridgehead atoms. The van der Waals surface area contributed by atoms with Crippen LogP contribution in [0, 0.1) is 5.92 Å². The molecule has 1 aliphatic heterocycles. The van der Waals surface area contributed by atoms with Gasteiger partial charge in [-0.15, -0.1) is 0 Å². The van der Waals surface area contributed by atoms with Crippen molar-refractivity contribution < 1.29 is 9.53 Å². The fourth-order valence-corrected chi connectivity index (χ4v) is 3.74. The molecular weight excluding hydrogens is 288 g/mol. The lowest BCUT2D eigenvalue weighted by atomic mass is 10.0. The lowest BCUT2D eigenvalue weighted by molar-refractivity contribution is 0.163. The summed E-state index contributed by atoms with van der Waals surface area (Å²) in [7, 11) is 0. The zero-order valence-electron chi connectivity index (χ0n) is 13.8. The average Bonchev–Trinajstić information content (AvgIpc) is 3.40. The van der Waals surface area contributed by atoms with Gasteiger partial charge < -0.3 is 15.0 Å². The lowest BCUT2D eigenvalue weighted by Gasteiger charge is -2.31. The second kappa shape index (κ2) is 6.06. The van der Waals surface area contributed by atoms with Crippen molar-refractivity contribution in [3.63, 3.8) is 0 Å². The molecule has 4 rings (SSSR count). The zero-order valence-corrected chi connectivity index (χ0v) is 13.8. The highest BCUT2D eigenvalue weighted by Gasteiger charge is 2.42. The number of nitrogens with zero attached hydrogens (tertiary/aromatic N) is 1. The van der Waals surface area contributed by atoms with Crippen LogP contribution in [0.3, 0.4) is 0 Å². The number of hydrogen-bond acceptors (Lipinski definition) is 2. The molecule has 2 aliphatic carbocycles. The average molecular weight is 314 g/mol. The van der Waals surface area contributed by atoms with Gasteiger partial charge in [-0.3, -0.25) is 0 Å². The van der Waals surface area contributed by atoms with Crippen LogP contribution >= 0.6 is 0 Å². The van der Waals surface area contributed by atoms with Crippen molar-refractivity contribution >= 4 is 6.03 Å². The van der Waals surface area contributed by atoms with Crippen molar-refractivity contribution in [1.29, 1.82) is 0 Å². The van der Waals surface area contributed by atoms with Gasteiger partial charge in [-0.05, 0) is 57.4 Å². The van der Waals surface area contributed by atoms with E-state index in [-0.39, 0.29) is 12.1 Å². The van der Waals surface area contributed by atoms with Crippen molar-refractivity contribution in [2.45, 2.75) is 63.6 Å². The highest BCUT2D eigenvalue weighted by molar-refractivity contribution is 5.76. The predicted octanol–water partition coefficient (Wildman–Crippen LogP) is 3.87. The molecule has 23 heavy (non-hydrogen) atoms. The van der Waals surface area contributed by atoms with Crippen LogP contribution in [-0.2, 0) is 0 Å². The maximum atomic E-state index is 13.0. The number of carbonyl (C=O) groups is 1. The number of rotatable bonds is 4. The number of para-hydroxylation sites is 1. The van der Waals surface area contributed by atoms with E-state index >= 15 is 0 Å². The molecule has 0 unspecified atom stereocenters. The molecule has 0 saturated heterocycles. The topological polar surface area (TPSA) is 41.6 Å². The van der Waals surface area contributed by atoms with Gasteiger partial charge in [0.1, 0.15) is 5.75 Å². The molecule has 2 saturated carbocycles. The molecule has 3 aliphatic rings. The highest BCUT2D eigenvalue weighted by atomic mass is 16.5. The minimum absolute atomic E-state index is 0.0638. The molecule has 0 aromatic heterocycles. The summed E-state index contributed by atoms with van der Waals surface area (Å²) in [4.78, 5) is 15.1. The second-order valence-corrected chi connectivity index (χ2v) is 7.25. The number of urea groups is 1. The number of carbonyl (C=O) groups excluding carboxylic acids is 1. The number of amides is 2. The third kappa shape index (κ3) is 3.17. The van der Waals surface area contributed by atoms with Crippen LogP contribution in [0.15, 0.2) is 24.3 Å². The molecule has 4 nitrogen and oxygen atoms in total. The monoisotopic (exact) mass is 314 g/mol. The summed E-state index contributed by atoms with van der Waals surface area (Å²) in [5, 5.41) is 3.31. The first kappa shape index (κ1) is 14.9. The molecule has 2 fully saturated rings. The molecule has 0 radical (unpaired) electrons. The van der Waals surface area contributed by atoms with E-state index in [0.29, 0.717) is 18.0 Å². The van der Waals surface area contributed by atoms with E-state index in [2.05, 4.69) is 23.2 Å². The standard InChI is InChI=1S/C19H26N2O2/c1-13(14-8-9-14)21(15-10-11-15)19(22)20-17-6-4-12-23-18-7-3-2-5-16(17)18/h2-3,5,7,13-15,17H,4,6,8-12H2,1H3,(H,20,22)/t13-,17+/m0/s1. The van der Waals surface area contributed by atoms with Crippen LogP contribution < -0.4 is 10.1 Å². The predicted molar refractivity (Wildman–Crippen MR) is 89.5 cm³/mol. The second-order valence-electron chi connectivity index (χ2n) is 7.25. The quantitative estimate of drug-likeness (QED) is 0.916. The fraction of sp³-hybridized carbons (Fsp3) is 0.632. The normalized spacial score (nSPS) is 24.8. The van der Waals surface area contributed by atoms with Crippen molar-refractivity contribution in [3.8, 4) is 5.75 Å². The van der Waals surface area contributed by atoms with Crippen LogP contribution in [0.5, 0.6) is 5.75 Å². The summed E-state index contributed by atoms with van der Waals surface area (Å²) in [6, 6.07) is 9.13. The van der Waals surface area contributed by atoms with E-state index in [1.165, 1.54) is 12.8 Å². The largest absolute Gasteiger partial charge is 0.493 e. The summed E-state index contributed by atoms with van der Waals surface area (Å²) >= 11 is 0. The Balaban J connectivity index is 1.51. The number of nitrogens with one attached hydrogen (secondary N) is 1. The van der Waals surface area contributed by atoms with Gasteiger partial charge in [0.2, 0.25) is 0 Å². The van der Waals surface area contributed by atoms with Crippen LogP contribution in [-0.4, -0.2) is 29.6 Å². The van der Waals surface area contributed by atoms with E-state index < -0.39 is 0 Å². The van der Waals surface area contributed by atoms with Gasteiger partial charge in [0.15, 0.2) is 0 Å². The van der Waals surface area contributed by atoms with E-state index in [0.717, 1.165) is 43.6 Å². The molecule has 124 valence electrons. The van der Waals surface area contributed by atoms with Gasteiger partial charge in [-0.1, -0.05) is 18.2 Å². The molecule has 1 aromatic rings. The SMILES string of the molecule is C[C@@H](C1CC1)N(C(=O)N[C@@H]1CCCOc2ccccc21)C1CC1. The van der Waals surface area contributed by atoms with Gasteiger partial charge in [0, 0.05) is 17.6 Å². The smallest absolute Gasteiger partial charge is 0.318 e. The highest BCUT2D eigenvalue weighted by Crippen LogP contribution is 2.40. The Kier molecular flexibility index (Phi) is 3.92.